The Morgan fingerprint density at radius 3 is 2.46 bits per heavy atom. The summed E-state index contributed by atoms with van der Waals surface area (Å²) in [4.78, 5) is 0. The van der Waals surface area contributed by atoms with Gasteiger partial charge in [0.25, 0.3) is 0 Å². The molecule has 0 aromatic rings. The third-order valence-electron chi connectivity index (χ3n) is 3.71. The molecule has 1 fully saturated rings. The average molecular weight is 203 g/mol. The molecule has 0 nitrogen and oxygen atoms in total. The third kappa shape index (κ3) is 3.16. The predicted octanol–water partition coefficient (Wildman–Crippen LogP) is 4.47. The molecule has 0 aromatic carbocycles. The van der Waals surface area contributed by atoms with E-state index in [1.165, 1.54) is 32.1 Å². The summed E-state index contributed by atoms with van der Waals surface area (Å²) >= 11 is 6.37. The molecular weight excluding hydrogens is 180 g/mol. The van der Waals surface area contributed by atoms with Crippen molar-refractivity contribution in [2.24, 2.45) is 17.8 Å². The van der Waals surface area contributed by atoms with E-state index in [0.717, 1.165) is 17.8 Å². The highest BCUT2D eigenvalue weighted by Gasteiger charge is 2.28. The minimum absolute atomic E-state index is 0.444. The van der Waals surface area contributed by atoms with Crippen molar-refractivity contribution in [1.29, 1.82) is 0 Å². The van der Waals surface area contributed by atoms with Crippen LogP contribution in [-0.2, 0) is 0 Å². The molecule has 1 heteroatoms. The van der Waals surface area contributed by atoms with Crippen LogP contribution in [0.3, 0.4) is 0 Å². The van der Waals surface area contributed by atoms with Crippen molar-refractivity contribution >= 4 is 11.6 Å². The van der Waals surface area contributed by atoms with Crippen LogP contribution in [0.15, 0.2) is 0 Å². The Bertz CT molecular complexity index is 144. The summed E-state index contributed by atoms with van der Waals surface area (Å²) in [7, 11) is 0. The van der Waals surface area contributed by atoms with Gasteiger partial charge in [0.1, 0.15) is 0 Å². The lowest BCUT2D eigenvalue weighted by Crippen LogP contribution is -2.26. The zero-order valence-electron chi connectivity index (χ0n) is 9.22. The minimum atomic E-state index is 0.444. The minimum Gasteiger partial charge on any atom is -0.123 e. The van der Waals surface area contributed by atoms with Crippen LogP contribution in [0.2, 0.25) is 0 Å². The molecule has 0 amide bonds. The van der Waals surface area contributed by atoms with Gasteiger partial charge >= 0.3 is 0 Å². The van der Waals surface area contributed by atoms with Crippen molar-refractivity contribution in [3.05, 3.63) is 0 Å². The molecule has 0 bridgehead atoms. The largest absolute Gasteiger partial charge is 0.123 e. The highest BCUT2D eigenvalue weighted by Crippen LogP contribution is 2.37. The van der Waals surface area contributed by atoms with Crippen molar-refractivity contribution in [3.8, 4) is 0 Å². The Balaban J connectivity index is 2.36. The second-order valence-corrected chi connectivity index (χ2v) is 5.39. The van der Waals surface area contributed by atoms with Gasteiger partial charge in [0.05, 0.1) is 0 Å². The summed E-state index contributed by atoms with van der Waals surface area (Å²) in [5.74, 6) is 2.60. The Kier molecular flexibility index (Phi) is 4.58. The maximum Gasteiger partial charge on any atom is 0.0364 e. The van der Waals surface area contributed by atoms with E-state index in [2.05, 4.69) is 20.8 Å². The molecule has 4 atom stereocenters. The van der Waals surface area contributed by atoms with Crippen LogP contribution in [0, 0.1) is 17.8 Å². The zero-order chi connectivity index (χ0) is 9.84. The fraction of sp³-hybridized carbons (Fsp3) is 1.00. The van der Waals surface area contributed by atoms with Crippen molar-refractivity contribution in [2.75, 3.05) is 0 Å². The van der Waals surface area contributed by atoms with Gasteiger partial charge in [0.15, 0.2) is 0 Å². The summed E-state index contributed by atoms with van der Waals surface area (Å²) in [6, 6.07) is 0. The lowest BCUT2D eigenvalue weighted by molar-refractivity contribution is 0.201. The van der Waals surface area contributed by atoms with Crippen LogP contribution in [0.4, 0.5) is 0 Å². The molecule has 1 rings (SSSR count). The molecule has 0 heterocycles. The van der Waals surface area contributed by atoms with Crippen molar-refractivity contribution < 1.29 is 0 Å². The SMILES string of the molecule is CCCC(Cl)C1CCC(C)C(C)C1. The number of hydrogen-bond donors (Lipinski definition) is 0. The maximum absolute atomic E-state index is 6.37. The van der Waals surface area contributed by atoms with Gasteiger partial charge in [-0.1, -0.05) is 33.6 Å². The molecule has 0 spiro atoms. The molecule has 1 saturated carbocycles. The Hall–Kier alpha value is 0.290. The highest BCUT2D eigenvalue weighted by atomic mass is 35.5. The summed E-state index contributed by atoms with van der Waals surface area (Å²) in [5, 5.41) is 0.444. The number of alkyl halides is 1. The first kappa shape index (κ1) is 11.4. The Morgan fingerprint density at radius 1 is 1.23 bits per heavy atom. The van der Waals surface area contributed by atoms with Gasteiger partial charge in [-0.3, -0.25) is 0 Å². The molecule has 1 aliphatic carbocycles. The van der Waals surface area contributed by atoms with Gasteiger partial charge in [0.2, 0.25) is 0 Å². The van der Waals surface area contributed by atoms with E-state index in [9.17, 15) is 0 Å². The first-order valence-electron chi connectivity index (χ1n) is 5.79. The normalized spacial score (nSPS) is 37.4. The maximum atomic E-state index is 6.37. The molecule has 4 unspecified atom stereocenters. The van der Waals surface area contributed by atoms with Gasteiger partial charge in [-0.2, -0.15) is 0 Å². The van der Waals surface area contributed by atoms with Gasteiger partial charge < -0.3 is 0 Å². The molecule has 0 saturated heterocycles. The molecule has 0 aliphatic heterocycles. The van der Waals surface area contributed by atoms with Gasteiger partial charge in [-0.25, -0.2) is 0 Å². The van der Waals surface area contributed by atoms with Crippen molar-refractivity contribution in [1.82, 2.24) is 0 Å². The second kappa shape index (κ2) is 5.24. The van der Waals surface area contributed by atoms with Gasteiger partial charge in [-0.05, 0) is 37.0 Å². The fourth-order valence-electron chi connectivity index (χ4n) is 2.43. The molecular formula is C12H23Cl. The summed E-state index contributed by atoms with van der Waals surface area (Å²) in [6.45, 7) is 6.99. The zero-order valence-corrected chi connectivity index (χ0v) is 9.98. The van der Waals surface area contributed by atoms with E-state index in [-0.39, 0.29) is 0 Å². The van der Waals surface area contributed by atoms with E-state index in [1.54, 1.807) is 0 Å². The summed E-state index contributed by atoms with van der Waals surface area (Å²) in [5.41, 5.74) is 0. The summed E-state index contributed by atoms with van der Waals surface area (Å²) < 4.78 is 0. The average Bonchev–Trinajstić information content (AvgIpc) is 2.10. The molecule has 0 aromatic heterocycles. The summed E-state index contributed by atoms with van der Waals surface area (Å²) in [6.07, 6.45) is 6.54. The van der Waals surface area contributed by atoms with E-state index < -0.39 is 0 Å². The third-order valence-corrected chi connectivity index (χ3v) is 4.29. The lowest BCUT2D eigenvalue weighted by atomic mass is 9.74. The molecule has 0 radical (unpaired) electrons. The van der Waals surface area contributed by atoms with Crippen LogP contribution in [0.5, 0.6) is 0 Å². The van der Waals surface area contributed by atoms with Gasteiger partial charge in [-0.15, -0.1) is 11.6 Å². The number of halogens is 1. The first-order chi connectivity index (χ1) is 6.15. The highest BCUT2D eigenvalue weighted by molar-refractivity contribution is 6.20. The standard InChI is InChI=1S/C12H23Cl/c1-4-5-12(13)11-7-6-9(2)10(3)8-11/h9-12H,4-8H2,1-3H3. The molecule has 78 valence electrons. The van der Waals surface area contributed by atoms with E-state index >= 15 is 0 Å². The Morgan fingerprint density at radius 2 is 1.92 bits per heavy atom. The van der Waals surface area contributed by atoms with Crippen molar-refractivity contribution in [2.45, 2.75) is 58.3 Å². The quantitative estimate of drug-likeness (QED) is 0.593. The monoisotopic (exact) mass is 202 g/mol. The van der Waals surface area contributed by atoms with Crippen LogP contribution >= 0.6 is 11.6 Å². The van der Waals surface area contributed by atoms with Gasteiger partial charge in [0, 0.05) is 5.38 Å². The van der Waals surface area contributed by atoms with Crippen LogP contribution < -0.4 is 0 Å². The van der Waals surface area contributed by atoms with E-state index in [1.807, 2.05) is 0 Å². The van der Waals surface area contributed by atoms with Crippen LogP contribution in [0.25, 0.3) is 0 Å². The van der Waals surface area contributed by atoms with E-state index in [4.69, 9.17) is 11.6 Å². The predicted molar refractivity (Wildman–Crippen MR) is 60.2 cm³/mol. The van der Waals surface area contributed by atoms with Crippen LogP contribution in [0.1, 0.15) is 52.9 Å². The number of rotatable bonds is 3. The molecule has 13 heavy (non-hydrogen) atoms. The fourth-order valence-corrected chi connectivity index (χ4v) is 2.88. The topological polar surface area (TPSA) is 0 Å². The van der Waals surface area contributed by atoms with Crippen LogP contribution in [-0.4, -0.2) is 5.38 Å². The number of hydrogen-bond acceptors (Lipinski definition) is 0. The second-order valence-electron chi connectivity index (χ2n) is 4.83. The Labute approximate surface area is 88.1 Å². The van der Waals surface area contributed by atoms with E-state index in [0.29, 0.717) is 5.38 Å². The molecule has 1 aliphatic rings. The van der Waals surface area contributed by atoms with Crippen molar-refractivity contribution in [3.63, 3.8) is 0 Å². The lowest BCUT2D eigenvalue weighted by Gasteiger charge is -2.34. The molecule has 0 N–H and O–H groups in total. The first-order valence-corrected chi connectivity index (χ1v) is 6.22. The smallest absolute Gasteiger partial charge is 0.0364 e.